The number of hydrogen-bond donors (Lipinski definition) is 2. The molecule has 4 nitrogen and oxygen atoms in total. The molecule has 2 rings (SSSR count). The van der Waals surface area contributed by atoms with Crippen LogP contribution in [0, 0.1) is 5.82 Å². The van der Waals surface area contributed by atoms with Gasteiger partial charge in [-0.15, -0.1) is 0 Å². The quantitative estimate of drug-likeness (QED) is 0.635. The normalized spacial score (nSPS) is 10.5. The maximum Gasteiger partial charge on any atom is 0.250 e. The highest BCUT2D eigenvalue weighted by atomic mass is 35.5. The number of hydrogen-bond acceptors (Lipinski definition) is 3. The van der Waals surface area contributed by atoms with Crippen molar-refractivity contribution in [2.24, 2.45) is 0 Å². The maximum absolute atomic E-state index is 13.1. The van der Waals surface area contributed by atoms with Crippen molar-refractivity contribution in [3.05, 3.63) is 64.9 Å². The van der Waals surface area contributed by atoms with Crippen molar-refractivity contribution in [2.45, 2.75) is 0 Å². The average molecular weight is 365 g/mol. The number of ether oxygens (including phenoxy) is 1. The summed E-state index contributed by atoms with van der Waals surface area (Å²) in [5.74, 6) is -0.184. The molecule has 0 radical (unpaired) electrons. The van der Waals surface area contributed by atoms with E-state index < -0.39 is 11.7 Å². The second-order valence-electron chi connectivity index (χ2n) is 4.68. The fourth-order valence-corrected chi connectivity index (χ4v) is 2.18. The van der Waals surface area contributed by atoms with Gasteiger partial charge in [-0.25, -0.2) is 4.39 Å². The van der Waals surface area contributed by atoms with Crippen molar-refractivity contribution >= 4 is 46.6 Å². The summed E-state index contributed by atoms with van der Waals surface area (Å²) in [5, 5.41) is 5.29. The van der Waals surface area contributed by atoms with Crippen LogP contribution in [0.5, 0.6) is 5.75 Å². The number of rotatable bonds is 4. The Morgan fingerprint density at radius 2 is 1.96 bits per heavy atom. The average Bonchev–Trinajstić information content (AvgIpc) is 2.56. The smallest absolute Gasteiger partial charge is 0.250 e. The number of anilines is 1. The Kier molecular flexibility index (Phi) is 6.28. The first-order valence-electron chi connectivity index (χ1n) is 6.87. The fraction of sp³-hybridized carbons (Fsp3) is 0.0588. The van der Waals surface area contributed by atoms with Gasteiger partial charge in [-0.2, -0.15) is 0 Å². The molecular weight excluding hydrogens is 351 g/mol. The van der Waals surface area contributed by atoms with Crippen molar-refractivity contribution in [3.8, 4) is 5.75 Å². The predicted molar refractivity (Wildman–Crippen MR) is 97.8 cm³/mol. The van der Waals surface area contributed by atoms with E-state index in [1.165, 1.54) is 24.3 Å². The molecule has 2 aromatic carbocycles. The van der Waals surface area contributed by atoms with Gasteiger partial charge in [0.25, 0.3) is 0 Å². The number of carbonyl (C=O) groups excluding carboxylic acids is 1. The van der Waals surface area contributed by atoms with E-state index in [9.17, 15) is 9.18 Å². The van der Waals surface area contributed by atoms with Crippen LogP contribution in [0.2, 0.25) is 5.02 Å². The van der Waals surface area contributed by atoms with E-state index in [1.807, 2.05) is 12.1 Å². The van der Waals surface area contributed by atoms with Crippen molar-refractivity contribution < 1.29 is 13.9 Å². The molecule has 0 fully saturated rings. The standard InChI is InChI=1S/C17H14ClFN2O2S/c1-23-13-6-2-11(3-7-13)4-9-16(22)21-17(24)20-12-5-8-15(19)14(18)10-12/h2-10H,1H3,(H2,20,21,22,24). The second-order valence-corrected chi connectivity index (χ2v) is 5.49. The molecule has 0 bridgehead atoms. The van der Waals surface area contributed by atoms with E-state index in [2.05, 4.69) is 10.6 Å². The first kappa shape index (κ1) is 17.9. The van der Waals surface area contributed by atoms with Crippen molar-refractivity contribution in [3.63, 3.8) is 0 Å². The lowest BCUT2D eigenvalue weighted by molar-refractivity contribution is -0.115. The summed E-state index contributed by atoms with van der Waals surface area (Å²) >= 11 is 10.7. The molecule has 24 heavy (non-hydrogen) atoms. The lowest BCUT2D eigenvalue weighted by Crippen LogP contribution is -2.32. The zero-order valence-electron chi connectivity index (χ0n) is 12.7. The summed E-state index contributed by atoms with van der Waals surface area (Å²) in [7, 11) is 1.58. The van der Waals surface area contributed by atoms with Crippen molar-refractivity contribution in [1.82, 2.24) is 5.32 Å². The van der Waals surface area contributed by atoms with Crippen LogP contribution in [0.1, 0.15) is 5.56 Å². The molecule has 0 unspecified atom stereocenters. The van der Waals surface area contributed by atoms with Crippen molar-refractivity contribution in [2.75, 3.05) is 12.4 Å². The van der Waals surface area contributed by atoms with Gasteiger partial charge >= 0.3 is 0 Å². The summed E-state index contributed by atoms with van der Waals surface area (Å²) in [6, 6.07) is 11.3. The van der Waals surface area contributed by atoms with Gasteiger partial charge in [-0.05, 0) is 54.2 Å². The topological polar surface area (TPSA) is 50.4 Å². The number of nitrogens with one attached hydrogen (secondary N) is 2. The monoisotopic (exact) mass is 364 g/mol. The molecule has 0 aliphatic carbocycles. The molecule has 0 saturated heterocycles. The van der Waals surface area contributed by atoms with Crippen LogP contribution in [0.4, 0.5) is 10.1 Å². The highest BCUT2D eigenvalue weighted by Crippen LogP contribution is 2.19. The SMILES string of the molecule is COc1ccc(C=CC(=O)NC(=S)Nc2ccc(F)c(Cl)c2)cc1. The zero-order valence-corrected chi connectivity index (χ0v) is 14.2. The molecule has 0 aliphatic rings. The highest BCUT2D eigenvalue weighted by molar-refractivity contribution is 7.80. The largest absolute Gasteiger partial charge is 0.497 e. The number of halogens is 2. The number of carbonyl (C=O) groups is 1. The molecular formula is C17H14ClFN2O2S. The third kappa shape index (κ3) is 5.33. The number of methoxy groups -OCH3 is 1. The Bertz CT molecular complexity index is 779. The summed E-state index contributed by atoms with van der Waals surface area (Å²) in [6.45, 7) is 0. The Balaban J connectivity index is 1.89. The Hall–Kier alpha value is -2.44. The summed E-state index contributed by atoms with van der Waals surface area (Å²) < 4.78 is 18.1. The Morgan fingerprint density at radius 1 is 1.25 bits per heavy atom. The van der Waals surface area contributed by atoms with E-state index in [4.69, 9.17) is 28.6 Å². The van der Waals surface area contributed by atoms with Crippen LogP contribution >= 0.6 is 23.8 Å². The molecule has 1 amide bonds. The molecule has 0 atom stereocenters. The minimum Gasteiger partial charge on any atom is -0.497 e. The van der Waals surface area contributed by atoms with E-state index >= 15 is 0 Å². The van der Waals surface area contributed by atoms with Crippen LogP contribution in [0.25, 0.3) is 6.08 Å². The molecule has 0 aliphatic heterocycles. The van der Waals surface area contributed by atoms with E-state index in [0.29, 0.717) is 5.69 Å². The highest BCUT2D eigenvalue weighted by Gasteiger charge is 2.04. The zero-order chi connectivity index (χ0) is 17.5. The molecule has 0 spiro atoms. The maximum atomic E-state index is 13.1. The lowest BCUT2D eigenvalue weighted by Gasteiger charge is -2.08. The summed E-state index contributed by atoms with van der Waals surface area (Å²) in [6.07, 6.45) is 3.00. The molecule has 7 heteroatoms. The predicted octanol–water partition coefficient (Wildman–Crippen LogP) is 4.01. The van der Waals surface area contributed by atoms with Crippen LogP contribution in [-0.4, -0.2) is 18.1 Å². The van der Waals surface area contributed by atoms with Gasteiger partial charge in [0, 0.05) is 11.8 Å². The summed E-state index contributed by atoms with van der Waals surface area (Å²) in [4.78, 5) is 11.8. The van der Waals surface area contributed by atoms with Gasteiger partial charge in [0.05, 0.1) is 12.1 Å². The van der Waals surface area contributed by atoms with Gasteiger partial charge in [0.1, 0.15) is 11.6 Å². The minimum atomic E-state index is -0.528. The number of thiocarbonyl (C=S) groups is 1. The van der Waals surface area contributed by atoms with Gasteiger partial charge < -0.3 is 10.1 Å². The fourth-order valence-electron chi connectivity index (χ4n) is 1.78. The van der Waals surface area contributed by atoms with Crippen LogP contribution in [-0.2, 0) is 4.79 Å². The van der Waals surface area contributed by atoms with Crippen LogP contribution < -0.4 is 15.4 Å². The molecule has 0 aromatic heterocycles. The second kappa shape index (κ2) is 8.42. The van der Waals surface area contributed by atoms with Gasteiger partial charge in [-0.3, -0.25) is 10.1 Å². The van der Waals surface area contributed by atoms with Crippen molar-refractivity contribution in [1.29, 1.82) is 0 Å². The number of benzene rings is 2. The first-order valence-corrected chi connectivity index (χ1v) is 7.65. The van der Waals surface area contributed by atoms with Gasteiger partial charge in [-0.1, -0.05) is 23.7 Å². The van der Waals surface area contributed by atoms with E-state index in [1.54, 1.807) is 25.3 Å². The minimum absolute atomic E-state index is 0.0338. The van der Waals surface area contributed by atoms with E-state index in [-0.39, 0.29) is 10.1 Å². The molecule has 0 saturated carbocycles. The Labute approximate surface area is 149 Å². The van der Waals surface area contributed by atoms with Crippen LogP contribution in [0.15, 0.2) is 48.5 Å². The third-order valence-electron chi connectivity index (χ3n) is 2.96. The summed E-state index contributed by atoms with van der Waals surface area (Å²) in [5.41, 5.74) is 1.32. The van der Waals surface area contributed by atoms with E-state index in [0.717, 1.165) is 11.3 Å². The molecule has 2 N–H and O–H groups in total. The van der Waals surface area contributed by atoms with Gasteiger partial charge in [0.2, 0.25) is 5.91 Å². The van der Waals surface area contributed by atoms with Crippen LogP contribution in [0.3, 0.4) is 0 Å². The molecule has 124 valence electrons. The Morgan fingerprint density at radius 3 is 2.58 bits per heavy atom. The third-order valence-corrected chi connectivity index (χ3v) is 3.45. The lowest BCUT2D eigenvalue weighted by atomic mass is 10.2. The molecule has 0 heterocycles. The van der Waals surface area contributed by atoms with Gasteiger partial charge in [0.15, 0.2) is 5.11 Å². The first-order chi connectivity index (χ1) is 11.5. The molecule has 2 aromatic rings. The number of amides is 1.